The van der Waals surface area contributed by atoms with Crippen molar-refractivity contribution in [3.63, 3.8) is 0 Å². The molecular formula is C61H57N5O. The summed E-state index contributed by atoms with van der Waals surface area (Å²) in [5.74, 6) is 3.07. The third-order valence-corrected chi connectivity index (χ3v) is 12.7. The van der Waals surface area contributed by atoms with Crippen molar-refractivity contribution in [1.29, 1.82) is 0 Å². The van der Waals surface area contributed by atoms with Crippen molar-refractivity contribution in [3.8, 4) is 62.3 Å². The van der Waals surface area contributed by atoms with Gasteiger partial charge in [-0.2, -0.15) is 4.68 Å². The highest BCUT2D eigenvalue weighted by molar-refractivity contribution is 6.09. The number of ether oxygens (including phenoxy) is 1. The van der Waals surface area contributed by atoms with E-state index >= 15 is 0 Å². The summed E-state index contributed by atoms with van der Waals surface area (Å²) in [4.78, 5) is 4.90. The van der Waals surface area contributed by atoms with Crippen LogP contribution in [0.25, 0.3) is 72.6 Å². The SMILES string of the molecule is CC(C)(C)c1cc(-c2n[n+](-c3c(-c4ccccc4)cccc3-c3ccccc3)[c-]n2-c2cccc(Oc3ccc4c5ccccc5n(-c5cc(C(C)(C)C)ccn5)c4c3)c2)cc(C(C)(C)C)c1. The fraction of sp³-hybridized carbons (Fsp3) is 0.197. The number of aromatic nitrogens is 5. The number of fused-ring (bicyclic) bond motifs is 3. The van der Waals surface area contributed by atoms with Gasteiger partial charge in [-0.05, 0) is 97.7 Å². The first-order chi connectivity index (χ1) is 32.1. The normalized spacial score (nSPS) is 12.3. The van der Waals surface area contributed by atoms with Crippen LogP contribution in [0.4, 0.5) is 0 Å². The minimum atomic E-state index is -0.0977. The van der Waals surface area contributed by atoms with E-state index in [4.69, 9.17) is 14.8 Å². The number of rotatable bonds is 8. The molecule has 0 fully saturated rings. The Labute approximate surface area is 394 Å². The van der Waals surface area contributed by atoms with Crippen LogP contribution in [0.5, 0.6) is 11.5 Å². The lowest BCUT2D eigenvalue weighted by atomic mass is 9.79. The predicted octanol–water partition coefficient (Wildman–Crippen LogP) is 15.1. The molecule has 0 amide bonds. The number of pyridine rings is 1. The molecule has 10 rings (SSSR count). The maximum Gasteiger partial charge on any atom is 0.273 e. The molecule has 332 valence electrons. The van der Waals surface area contributed by atoms with Gasteiger partial charge in [0.1, 0.15) is 17.3 Å². The first kappa shape index (κ1) is 43.3. The second-order valence-corrected chi connectivity index (χ2v) is 20.7. The van der Waals surface area contributed by atoms with E-state index in [1.165, 1.54) is 22.1 Å². The molecule has 67 heavy (non-hydrogen) atoms. The highest BCUT2D eigenvalue weighted by Gasteiger charge is 2.26. The molecule has 0 bridgehead atoms. The summed E-state index contributed by atoms with van der Waals surface area (Å²) in [6, 6.07) is 62.0. The van der Waals surface area contributed by atoms with Crippen molar-refractivity contribution in [3.05, 3.63) is 205 Å². The topological polar surface area (TPSA) is 48.8 Å². The van der Waals surface area contributed by atoms with Crippen molar-refractivity contribution in [2.45, 2.75) is 78.6 Å². The lowest BCUT2D eigenvalue weighted by Gasteiger charge is -2.26. The van der Waals surface area contributed by atoms with E-state index in [2.05, 4.69) is 242 Å². The Kier molecular flexibility index (Phi) is 10.8. The standard InChI is InChI=1S/C61H57N5O/c1-59(2,3)44-32-33-62-56(37-44)66-54-29-17-16-26-52(54)53-31-30-49(39-55(53)66)67-48-25-18-24-47(38-48)64-40-65(63-58(64)43-34-45(60(4,5)6)36-46(35-43)61(7,8)9)57-50(41-20-12-10-13-21-41)27-19-28-51(57)42-22-14-11-15-23-42/h10-39H,1-9H3. The van der Waals surface area contributed by atoms with Gasteiger partial charge in [-0.3, -0.25) is 9.13 Å². The lowest BCUT2D eigenvalue weighted by molar-refractivity contribution is -0.659. The fourth-order valence-electron chi connectivity index (χ4n) is 8.96. The summed E-state index contributed by atoms with van der Waals surface area (Å²) in [5, 5.41) is 7.85. The molecule has 0 saturated heterocycles. The van der Waals surface area contributed by atoms with Crippen molar-refractivity contribution in [1.82, 2.24) is 19.2 Å². The molecule has 0 unspecified atom stereocenters. The predicted molar refractivity (Wildman–Crippen MR) is 275 cm³/mol. The van der Waals surface area contributed by atoms with Gasteiger partial charge in [0.05, 0.1) is 22.4 Å². The number of hydrogen-bond acceptors (Lipinski definition) is 3. The van der Waals surface area contributed by atoms with Crippen LogP contribution in [0.2, 0.25) is 0 Å². The molecule has 0 aliphatic rings. The summed E-state index contributed by atoms with van der Waals surface area (Å²) in [7, 11) is 0. The smallest absolute Gasteiger partial charge is 0.273 e. The van der Waals surface area contributed by atoms with Crippen molar-refractivity contribution >= 4 is 21.8 Å². The summed E-state index contributed by atoms with van der Waals surface area (Å²) >= 11 is 0. The van der Waals surface area contributed by atoms with Crippen LogP contribution in [0, 0.1) is 6.33 Å². The molecule has 0 radical (unpaired) electrons. The van der Waals surface area contributed by atoms with Gasteiger partial charge in [-0.1, -0.05) is 190 Å². The zero-order valence-electron chi connectivity index (χ0n) is 40.0. The van der Waals surface area contributed by atoms with E-state index in [-0.39, 0.29) is 16.2 Å². The lowest BCUT2D eigenvalue weighted by Crippen LogP contribution is -2.34. The number of benzene rings is 7. The molecule has 0 saturated carbocycles. The maximum atomic E-state index is 6.84. The van der Waals surface area contributed by atoms with Crippen LogP contribution in [-0.2, 0) is 16.2 Å². The second-order valence-electron chi connectivity index (χ2n) is 20.7. The van der Waals surface area contributed by atoms with E-state index < -0.39 is 0 Å². The molecule has 0 atom stereocenters. The molecule has 3 aromatic heterocycles. The van der Waals surface area contributed by atoms with Gasteiger partial charge in [0, 0.05) is 28.6 Å². The van der Waals surface area contributed by atoms with Gasteiger partial charge in [-0.15, -0.1) is 5.10 Å². The monoisotopic (exact) mass is 875 g/mol. The van der Waals surface area contributed by atoms with Crippen LogP contribution in [0.1, 0.15) is 79.0 Å². The number of para-hydroxylation sites is 2. The zero-order valence-corrected chi connectivity index (χ0v) is 40.0. The van der Waals surface area contributed by atoms with Gasteiger partial charge in [-0.25, -0.2) is 4.98 Å². The van der Waals surface area contributed by atoms with E-state index in [9.17, 15) is 0 Å². The van der Waals surface area contributed by atoms with Crippen LogP contribution >= 0.6 is 0 Å². The zero-order chi connectivity index (χ0) is 46.7. The summed E-state index contributed by atoms with van der Waals surface area (Å²) in [6.07, 6.45) is 5.69. The Balaban J connectivity index is 1.15. The molecule has 6 heteroatoms. The summed E-state index contributed by atoms with van der Waals surface area (Å²) in [6.45, 7) is 20.4. The van der Waals surface area contributed by atoms with Crippen LogP contribution < -0.4 is 9.42 Å². The Morgan fingerprint density at radius 2 is 1.06 bits per heavy atom. The minimum absolute atomic E-state index is 0.0265. The minimum Gasteiger partial charge on any atom is -0.458 e. The first-order valence-electron chi connectivity index (χ1n) is 23.2. The highest BCUT2D eigenvalue weighted by Crippen LogP contribution is 2.39. The molecule has 0 N–H and O–H groups in total. The largest absolute Gasteiger partial charge is 0.458 e. The molecular weight excluding hydrogens is 819 g/mol. The van der Waals surface area contributed by atoms with Crippen molar-refractivity contribution in [2.24, 2.45) is 0 Å². The van der Waals surface area contributed by atoms with Gasteiger partial charge >= 0.3 is 0 Å². The maximum absolute atomic E-state index is 6.84. The average Bonchev–Trinajstić information content (AvgIpc) is 3.91. The van der Waals surface area contributed by atoms with Gasteiger partial charge in [0.15, 0.2) is 5.82 Å². The fourth-order valence-corrected chi connectivity index (χ4v) is 8.96. The molecule has 0 spiro atoms. The molecule has 7 aromatic carbocycles. The van der Waals surface area contributed by atoms with Crippen molar-refractivity contribution in [2.75, 3.05) is 0 Å². The van der Waals surface area contributed by atoms with E-state index in [0.29, 0.717) is 5.75 Å². The average molecular weight is 876 g/mol. The van der Waals surface area contributed by atoms with E-state index in [1.807, 2.05) is 23.0 Å². The Hall–Kier alpha value is -7.57. The highest BCUT2D eigenvalue weighted by atomic mass is 16.5. The Morgan fingerprint density at radius 1 is 0.478 bits per heavy atom. The van der Waals surface area contributed by atoms with Crippen LogP contribution in [-0.4, -0.2) is 19.2 Å². The summed E-state index contributed by atoms with van der Waals surface area (Å²) < 4.78 is 13.1. The van der Waals surface area contributed by atoms with E-state index in [0.717, 1.165) is 73.0 Å². The van der Waals surface area contributed by atoms with Gasteiger partial charge in [0.2, 0.25) is 0 Å². The number of hydrogen-bond donors (Lipinski definition) is 0. The molecule has 0 aliphatic carbocycles. The molecule has 6 nitrogen and oxygen atoms in total. The van der Waals surface area contributed by atoms with E-state index in [1.54, 1.807) is 0 Å². The first-order valence-corrected chi connectivity index (χ1v) is 23.2. The second kappa shape index (κ2) is 16.7. The molecule has 0 aliphatic heterocycles. The summed E-state index contributed by atoms with van der Waals surface area (Å²) in [5.41, 5.74) is 12.8. The number of nitrogens with zero attached hydrogens (tertiary/aromatic N) is 5. The third-order valence-electron chi connectivity index (χ3n) is 12.7. The van der Waals surface area contributed by atoms with Crippen LogP contribution in [0.3, 0.4) is 0 Å². The Bertz CT molecular complexity index is 3340. The van der Waals surface area contributed by atoms with Crippen molar-refractivity contribution < 1.29 is 9.42 Å². The van der Waals surface area contributed by atoms with Crippen LogP contribution in [0.15, 0.2) is 182 Å². The quantitative estimate of drug-likeness (QED) is 0.113. The molecule has 3 heterocycles. The van der Waals surface area contributed by atoms with Gasteiger partial charge < -0.3 is 4.74 Å². The third kappa shape index (κ3) is 8.45. The van der Waals surface area contributed by atoms with Gasteiger partial charge in [0.25, 0.3) is 6.33 Å². The Morgan fingerprint density at radius 3 is 1.70 bits per heavy atom. The molecule has 10 aromatic rings.